The highest BCUT2D eigenvalue weighted by atomic mass is 79.9. The van der Waals surface area contributed by atoms with Crippen LogP contribution in [0.4, 0.5) is 5.69 Å². The van der Waals surface area contributed by atoms with Gasteiger partial charge in [0.25, 0.3) is 0 Å². The van der Waals surface area contributed by atoms with Crippen LogP contribution in [0, 0.1) is 12.8 Å². The third kappa shape index (κ3) is 1.94. The van der Waals surface area contributed by atoms with Crippen molar-refractivity contribution in [3.05, 3.63) is 23.8 Å². The zero-order chi connectivity index (χ0) is 11.7. The van der Waals surface area contributed by atoms with Gasteiger partial charge in [0.2, 0.25) is 5.91 Å². The fourth-order valence-corrected chi connectivity index (χ4v) is 2.41. The Morgan fingerprint density at radius 1 is 1.56 bits per heavy atom. The van der Waals surface area contributed by atoms with E-state index in [-0.39, 0.29) is 11.7 Å². The van der Waals surface area contributed by atoms with Crippen LogP contribution in [0.1, 0.15) is 12.0 Å². The molecule has 4 heteroatoms. The van der Waals surface area contributed by atoms with Crippen molar-refractivity contribution >= 4 is 27.5 Å². The molecule has 2 rings (SSSR count). The monoisotopic (exact) mass is 283 g/mol. The molecule has 86 valence electrons. The summed E-state index contributed by atoms with van der Waals surface area (Å²) in [6.07, 6.45) is 0.554. The van der Waals surface area contributed by atoms with Crippen molar-refractivity contribution in [1.82, 2.24) is 0 Å². The zero-order valence-corrected chi connectivity index (χ0v) is 10.7. The lowest BCUT2D eigenvalue weighted by molar-refractivity contribution is -0.117. The van der Waals surface area contributed by atoms with E-state index in [0.29, 0.717) is 24.6 Å². The fraction of sp³-hybridized carbons (Fsp3) is 0.417. The molecule has 0 aromatic heterocycles. The summed E-state index contributed by atoms with van der Waals surface area (Å²) in [6, 6.07) is 5.48. The summed E-state index contributed by atoms with van der Waals surface area (Å²) in [4.78, 5) is 13.5. The van der Waals surface area contributed by atoms with E-state index < -0.39 is 0 Å². The Labute approximate surface area is 103 Å². The third-order valence-electron chi connectivity index (χ3n) is 2.93. The van der Waals surface area contributed by atoms with Gasteiger partial charge in [0, 0.05) is 18.3 Å². The number of carbonyl (C=O) groups excluding carboxylic acids is 1. The minimum atomic E-state index is 0.0883. The Balaban J connectivity index is 2.31. The molecule has 1 N–H and O–H groups in total. The minimum Gasteiger partial charge on any atom is -0.505 e. The first kappa shape index (κ1) is 11.5. The first-order chi connectivity index (χ1) is 7.63. The fourth-order valence-electron chi connectivity index (χ4n) is 1.98. The molecule has 1 unspecified atom stereocenters. The van der Waals surface area contributed by atoms with Crippen molar-refractivity contribution in [2.24, 2.45) is 5.92 Å². The van der Waals surface area contributed by atoms with Crippen molar-refractivity contribution in [2.45, 2.75) is 13.3 Å². The van der Waals surface area contributed by atoms with Gasteiger partial charge in [0.15, 0.2) is 0 Å². The van der Waals surface area contributed by atoms with Gasteiger partial charge in [0.05, 0.1) is 5.69 Å². The highest BCUT2D eigenvalue weighted by Crippen LogP contribution is 2.34. The lowest BCUT2D eigenvalue weighted by Crippen LogP contribution is -2.24. The smallest absolute Gasteiger partial charge is 0.227 e. The second-order valence-electron chi connectivity index (χ2n) is 4.17. The molecule has 1 amide bonds. The standard InChI is InChI=1S/C12H14BrNO2/c1-8-3-2-4-10(12(8)16)14-7-9(6-13)5-11(14)15/h2-4,9,16H,5-7H2,1H3. The number of nitrogens with zero attached hydrogens (tertiary/aromatic N) is 1. The van der Waals surface area contributed by atoms with Crippen LogP contribution < -0.4 is 4.90 Å². The molecule has 0 spiro atoms. The number of aromatic hydroxyl groups is 1. The number of benzene rings is 1. The molecular weight excluding hydrogens is 270 g/mol. The molecule has 1 atom stereocenters. The molecule has 0 aliphatic carbocycles. The van der Waals surface area contributed by atoms with E-state index in [1.54, 1.807) is 11.0 Å². The van der Waals surface area contributed by atoms with E-state index in [2.05, 4.69) is 15.9 Å². The SMILES string of the molecule is Cc1cccc(N2CC(CBr)CC2=O)c1O. The van der Waals surface area contributed by atoms with Crippen LogP contribution in [0.3, 0.4) is 0 Å². The summed E-state index contributed by atoms with van der Waals surface area (Å²) in [5.74, 6) is 0.642. The predicted octanol–water partition coefficient (Wildman–Crippen LogP) is 2.45. The summed E-state index contributed by atoms with van der Waals surface area (Å²) < 4.78 is 0. The van der Waals surface area contributed by atoms with Crippen molar-refractivity contribution in [2.75, 3.05) is 16.8 Å². The highest BCUT2D eigenvalue weighted by molar-refractivity contribution is 9.09. The average Bonchev–Trinajstić information content (AvgIpc) is 2.64. The second-order valence-corrected chi connectivity index (χ2v) is 4.82. The number of phenols is 1. The number of hydrogen-bond acceptors (Lipinski definition) is 2. The van der Waals surface area contributed by atoms with Crippen molar-refractivity contribution < 1.29 is 9.90 Å². The Morgan fingerprint density at radius 3 is 2.94 bits per heavy atom. The number of halogens is 1. The van der Waals surface area contributed by atoms with Gasteiger partial charge in [0.1, 0.15) is 5.75 Å². The van der Waals surface area contributed by atoms with Crippen LogP contribution in [-0.2, 0) is 4.79 Å². The van der Waals surface area contributed by atoms with Gasteiger partial charge < -0.3 is 10.0 Å². The molecule has 0 bridgehead atoms. The van der Waals surface area contributed by atoms with Gasteiger partial charge in [-0.1, -0.05) is 28.1 Å². The largest absolute Gasteiger partial charge is 0.505 e. The van der Waals surface area contributed by atoms with Gasteiger partial charge >= 0.3 is 0 Å². The topological polar surface area (TPSA) is 40.5 Å². The van der Waals surface area contributed by atoms with Gasteiger partial charge in [-0.05, 0) is 24.5 Å². The summed E-state index contributed by atoms with van der Waals surface area (Å²) in [6.45, 7) is 2.52. The summed E-state index contributed by atoms with van der Waals surface area (Å²) >= 11 is 3.40. The van der Waals surface area contributed by atoms with E-state index in [4.69, 9.17) is 0 Å². The van der Waals surface area contributed by atoms with Crippen molar-refractivity contribution in [1.29, 1.82) is 0 Å². The van der Waals surface area contributed by atoms with Gasteiger partial charge in [-0.3, -0.25) is 4.79 Å². The number of carbonyl (C=O) groups is 1. The number of aryl methyl sites for hydroxylation is 1. The third-order valence-corrected chi connectivity index (χ3v) is 3.85. The lowest BCUT2D eigenvalue weighted by Gasteiger charge is -2.18. The number of rotatable bonds is 2. The molecule has 1 saturated heterocycles. The molecule has 0 radical (unpaired) electrons. The van der Waals surface area contributed by atoms with E-state index in [0.717, 1.165) is 10.9 Å². The van der Waals surface area contributed by atoms with E-state index in [1.807, 2.05) is 19.1 Å². The Kier molecular flexibility index (Phi) is 3.19. The Morgan fingerprint density at radius 2 is 2.31 bits per heavy atom. The number of anilines is 1. The normalized spacial score (nSPS) is 20.5. The lowest BCUT2D eigenvalue weighted by atomic mass is 10.1. The summed E-state index contributed by atoms with van der Waals surface area (Å²) in [7, 11) is 0. The minimum absolute atomic E-state index is 0.0883. The molecule has 1 aliphatic rings. The van der Waals surface area contributed by atoms with Crippen molar-refractivity contribution in [3.63, 3.8) is 0 Å². The molecule has 1 aromatic carbocycles. The summed E-state index contributed by atoms with van der Waals surface area (Å²) in [5, 5.41) is 10.8. The van der Waals surface area contributed by atoms with E-state index in [9.17, 15) is 9.90 Å². The molecule has 3 nitrogen and oxygen atoms in total. The van der Waals surface area contributed by atoms with E-state index in [1.165, 1.54) is 0 Å². The predicted molar refractivity (Wildman–Crippen MR) is 67.1 cm³/mol. The summed E-state index contributed by atoms with van der Waals surface area (Å²) in [5.41, 5.74) is 1.43. The maximum atomic E-state index is 11.8. The van der Waals surface area contributed by atoms with Gasteiger partial charge in [-0.25, -0.2) is 0 Å². The number of para-hydroxylation sites is 1. The molecule has 0 saturated carbocycles. The molecular formula is C12H14BrNO2. The van der Waals surface area contributed by atoms with Crippen LogP contribution in [0.5, 0.6) is 5.75 Å². The van der Waals surface area contributed by atoms with Gasteiger partial charge in [-0.15, -0.1) is 0 Å². The second kappa shape index (κ2) is 4.45. The first-order valence-electron chi connectivity index (χ1n) is 5.28. The Bertz CT molecular complexity index is 419. The molecule has 1 fully saturated rings. The Hall–Kier alpha value is -1.03. The van der Waals surface area contributed by atoms with Crippen LogP contribution in [0.15, 0.2) is 18.2 Å². The molecule has 16 heavy (non-hydrogen) atoms. The number of alkyl halides is 1. The molecule has 1 aliphatic heterocycles. The average molecular weight is 284 g/mol. The van der Waals surface area contributed by atoms with Crippen LogP contribution >= 0.6 is 15.9 Å². The maximum absolute atomic E-state index is 11.8. The molecule has 1 aromatic rings. The van der Waals surface area contributed by atoms with Crippen molar-refractivity contribution in [3.8, 4) is 5.75 Å². The number of amides is 1. The zero-order valence-electron chi connectivity index (χ0n) is 9.11. The first-order valence-corrected chi connectivity index (χ1v) is 6.40. The van der Waals surface area contributed by atoms with Crippen LogP contribution in [0.2, 0.25) is 0 Å². The number of hydrogen-bond donors (Lipinski definition) is 1. The molecule has 1 heterocycles. The van der Waals surface area contributed by atoms with Gasteiger partial charge in [-0.2, -0.15) is 0 Å². The van der Waals surface area contributed by atoms with Crippen LogP contribution in [-0.4, -0.2) is 22.9 Å². The highest BCUT2D eigenvalue weighted by Gasteiger charge is 2.31. The maximum Gasteiger partial charge on any atom is 0.227 e. The number of phenolic OH excluding ortho intramolecular Hbond substituents is 1. The van der Waals surface area contributed by atoms with E-state index >= 15 is 0 Å². The quantitative estimate of drug-likeness (QED) is 0.847. The van der Waals surface area contributed by atoms with Crippen LogP contribution in [0.25, 0.3) is 0 Å².